The molecule has 234 valence electrons. The summed E-state index contributed by atoms with van der Waals surface area (Å²) in [5.41, 5.74) is 5.43. The third-order valence-electron chi connectivity index (χ3n) is 7.29. The molecule has 0 bridgehead atoms. The van der Waals surface area contributed by atoms with E-state index >= 15 is 0 Å². The largest absolute Gasteiger partial charge is 0.480 e. The van der Waals surface area contributed by atoms with Crippen molar-refractivity contribution in [3.05, 3.63) is 47.7 Å². The van der Waals surface area contributed by atoms with Crippen LogP contribution in [0.3, 0.4) is 0 Å². The van der Waals surface area contributed by atoms with E-state index in [9.17, 15) is 33.1 Å². The molecule has 0 aliphatic carbocycles. The van der Waals surface area contributed by atoms with Crippen molar-refractivity contribution in [2.45, 2.75) is 51.9 Å². The number of carbonyl (C=O) groups excluding carboxylic acids is 3. The van der Waals surface area contributed by atoms with Gasteiger partial charge >= 0.3 is 11.9 Å². The number of halogens is 2. The summed E-state index contributed by atoms with van der Waals surface area (Å²) in [6.07, 6.45) is 1.02. The molecule has 5 N–H and O–H groups in total. The van der Waals surface area contributed by atoms with Crippen LogP contribution in [-0.2, 0) is 23.9 Å². The van der Waals surface area contributed by atoms with Crippen LogP contribution in [-0.4, -0.2) is 89.9 Å². The Morgan fingerprint density at radius 2 is 1.86 bits per heavy atom. The molecule has 43 heavy (non-hydrogen) atoms. The van der Waals surface area contributed by atoms with Crippen LogP contribution in [0.25, 0.3) is 17.0 Å². The lowest BCUT2D eigenvalue weighted by Crippen LogP contribution is -2.59. The van der Waals surface area contributed by atoms with Crippen molar-refractivity contribution in [3.63, 3.8) is 0 Å². The van der Waals surface area contributed by atoms with Gasteiger partial charge in [-0.1, -0.05) is 44.2 Å². The number of rotatable bonds is 12. The van der Waals surface area contributed by atoms with E-state index in [-0.39, 0.29) is 25.7 Å². The minimum atomic E-state index is -2.31. The lowest BCUT2D eigenvalue weighted by molar-refractivity contribution is -0.168. The number of carbonyl (C=O) groups is 4. The third-order valence-corrected chi connectivity index (χ3v) is 7.29. The molecule has 0 saturated carbocycles. The number of amides is 2. The quantitative estimate of drug-likeness (QED) is 0.266. The molecular weight excluding hydrogens is 564 g/mol. The van der Waals surface area contributed by atoms with E-state index in [2.05, 4.69) is 15.6 Å². The fraction of sp³-hybridized carbons (Fsp3) is 0.500. The van der Waals surface area contributed by atoms with Crippen LogP contribution >= 0.6 is 0 Å². The number of piperazine rings is 1. The summed E-state index contributed by atoms with van der Waals surface area (Å²) in [6, 6.07) is 6.56. The maximum absolute atomic E-state index is 14.3. The number of nitrogens with zero attached hydrogens (tertiary/aromatic N) is 2. The first-order valence-electron chi connectivity index (χ1n) is 14.1. The molecule has 1 aromatic heterocycles. The predicted molar refractivity (Wildman–Crippen MR) is 156 cm³/mol. The Balaban J connectivity index is 1.74. The zero-order valence-electron chi connectivity index (χ0n) is 24.7. The monoisotopic (exact) mass is 603 g/mol. The van der Waals surface area contributed by atoms with Gasteiger partial charge in [-0.25, -0.2) is 8.78 Å². The summed E-state index contributed by atoms with van der Waals surface area (Å²) >= 11 is 0. The van der Waals surface area contributed by atoms with Gasteiger partial charge < -0.3 is 31.1 Å². The lowest BCUT2D eigenvalue weighted by Gasteiger charge is -2.34. The van der Waals surface area contributed by atoms with Crippen molar-refractivity contribution in [1.82, 2.24) is 20.5 Å². The molecule has 2 heterocycles. The number of alkyl halides is 2. The van der Waals surface area contributed by atoms with E-state index in [4.69, 9.17) is 10.5 Å². The van der Waals surface area contributed by atoms with Gasteiger partial charge in [0.05, 0.1) is 11.2 Å². The molecule has 4 atom stereocenters. The number of carboxylic acids is 1. The summed E-state index contributed by atoms with van der Waals surface area (Å²) in [6.45, 7) is 3.96. The Morgan fingerprint density at radius 3 is 2.47 bits per heavy atom. The van der Waals surface area contributed by atoms with Gasteiger partial charge in [-0.15, -0.1) is 0 Å². The molecule has 1 aromatic carbocycles. The fourth-order valence-corrected chi connectivity index (χ4v) is 4.54. The zero-order chi connectivity index (χ0) is 31.9. The van der Waals surface area contributed by atoms with Crippen LogP contribution < -0.4 is 16.4 Å². The topological polar surface area (TPSA) is 164 Å². The van der Waals surface area contributed by atoms with Gasteiger partial charge in [-0.05, 0) is 37.5 Å². The number of nitrogens with two attached hydrogens (primary N) is 1. The molecule has 11 nitrogen and oxygen atoms in total. The maximum atomic E-state index is 14.3. The van der Waals surface area contributed by atoms with Crippen LogP contribution in [0.1, 0.15) is 45.0 Å². The molecule has 0 spiro atoms. The molecule has 2 amide bonds. The van der Waals surface area contributed by atoms with E-state index in [1.807, 2.05) is 12.1 Å². The number of esters is 1. The minimum absolute atomic E-state index is 0.0839. The number of aliphatic carboxylic acids is 1. The number of aromatic nitrogens is 1. The van der Waals surface area contributed by atoms with Crippen molar-refractivity contribution >= 4 is 40.7 Å². The summed E-state index contributed by atoms with van der Waals surface area (Å²) in [5.74, 6) is -4.32. The molecular formula is C30H39F2N5O6. The van der Waals surface area contributed by atoms with Crippen molar-refractivity contribution in [1.29, 1.82) is 0 Å². The van der Waals surface area contributed by atoms with Gasteiger partial charge in [-0.2, -0.15) is 0 Å². The fourth-order valence-electron chi connectivity index (χ4n) is 4.54. The van der Waals surface area contributed by atoms with Crippen molar-refractivity contribution < 1.29 is 37.8 Å². The second kappa shape index (κ2) is 14.5. The molecule has 1 saturated heterocycles. The number of carboxylic acid groups (broad SMARTS) is 1. The summed E-state index contributed by atoms with van der Waals surface area (Å²) in [5, 5.41) is 15.3. The van der Waals surface area contributed by atoms with Gasteiger partial charge in [-0.3, -0.25) is 24.2 Å². The summed E-state index contributed by atoms with van der Waals surface area (Å²) in [4.78, 5) is 56.3. The first-order chi connectivity index (χ1) is 20.3. The van der Waals surface area contributed by atoms with E-state index < -0.39 is 66.6 Å². The normalized spacial score (nSPS) is 18.0. The van der Waals surface area contributed by atoms with Crippen LogP contribution in [0.5, 0.6) is 0 Å². The van der Waals surface area contributed by atoms with Crippen molar-refractivity contribution in [3.8, 4) is 0 Å². The van der Waals surface area contributed by atoms with E-state index in [1.165, 1.54) is 17.9 Å². The molecule has 3 rings (SSSR count). The highest BCUT2D eigenvalue weighted by Gasteiger charge is 2.42. The first kappa shape index (κ1) is 33.5. The Hall–Kier alpha value is -3.97. The molecule has 0 radical (unpaired) electrons. The highest BCUT2D eigenvalue weighted by Crippen LogP contribution is 2.27. The highest BCUT2D eigenvalue weighted by atomic mass is 19.1. The highest BCUT2D eigenvalue weighted by molar-refractivity contribution is 5.91. The van der Waals surface area contributed by atoms with Gasteiger partial charge in [0.25, 0.3) is 5.91 Å². The van der Waals surface area contributed by atoms with Crippen LogP contribution in [0, 0.1) is 11.3 Å². The standard InChI is InChI=1S/C30H39F2N5O6/c1-17(2)25(26(38)35-19(4)27(39)37-12-11-34-24(14-37)28(40)41)43-29(42)30(15-31,16-32)10-9-20-5-6-21-7-8-22(18(3)33)36-23(21)13-20/h5-10,13,17-19,24-25,34H,11-12,14-16,33H2,1-4H3,(H,35,38)(H,40,41)/b10-9+/t18-,19+,24+,25+/m1/s1. The number of pyridine rings is 1. The molecule has 2 aromatic rings. The number of ether oxygens (including phenoxy) is 1. The summed E-state index contributed by atoms with van der Waals surface area (Å²) < 4.78 is 34.0. The van der Waals surface area contributed by atoms with Gasteiger partial charge in [0.15, 0.2) is 6.10 Å². The van der Waals surface area contributed by atoms with Crippen LogP contribution in [0.4, 0.5) is 8.78 Å². The van der Waals surface area contributed by atoms with Crippen molar-refractivity contribution in [2.75, 3.05) is 33.0 Å². The average molecular weight is 604 g/mol. The Labute approximate surface area is 248 Å². The number of fused-ring (bicyclic) bond motifs is 1. The Kier molecular flexibility index (Phi) is 11.3. The Bertz CT molecular complexity index is 1360. The zero-order valence-corrected chi connectivity index (χ0v) is 24.7. The summed E-state index contributed by atoms with van der Waals surface area (Å²) in [7, 11) is 0. The minimum Gasteiger partial charge on any atom is -0.480 e. The Morgan fingerprint density at radius 1 is 1.19 bits per heavy atom. The van der Waals surface area contributed by atoms with E-state index in [0.717, 1.165) is 11.5 Å². The second-order valence-corrected chi connectivity index (χ2v) is 11.2. The van der Waals surface area contributed by atoms with Crippen LogP contribution in [0.2, 0.25) is 0 Å². The van der Waals surface area contributed by atoms with E-state index in [1.54, 1.807) is 39.0 Å². The molecule has 1 aliphatic heterocycles. The molecule has 13 heteroatoms. The predicted octanol–water partition coefficient (Wildman–Crippen LogP) is 2.15. The number of nitrogens with one attached hydrogen (secondary N) is 2. The van der Waals surface area contributed by atoms with Crippen molar-refractivity contribution in [2.24, 2.45) is 17.1 Å². The number of hydrogen-bond donors (Lipinski definition) is 4. The van der Waals surface area contributed by atoms with Gasteiger partial charge in [0, 0.05) is 31.1 Å². The molecule has 1 fully saturated rings. The second-order valence-electron chi connectivity index (χ2n) is 11.2. The van der Waals surface area contributed by atoms with Gasteiger partial charge in [0.2, 0.25) is 5.91 Å². The smallest absolute Gasteiger partial charge is 0.322 e. The molecule has 0 unspecified atom stereocenters. The number of benzene rings is 1. The number of hydrogen-bond acceptors (Lipinski definition) is 8. The SMILES string of the molecule is CC(C)[C@H](OC(=O)C(/C=C/c1ccc2ccc([C@@H](C)N)nc2c1)(CF)CF)C(=O)N[C@@H](C)C(=O)N1CCN[C@H](C(=O)O)C1. The van der Waals surface area contributed by atoms with Gasteiger partial charge in [0.1, 0.15) is 30.8 Å². The maximum Gasteiger partial charge on any atom is 0.322 e. The van der Waals surface area contributed by atoms with Crippen LogP contribution in [0.15, 0.2) is 36.4 Å². The average Bonchev–Trinajstić information content (AvgIpc) is 2.99. The lowest BCUT2D eigenvalue weighted by atomic mass is 9.89. The van der Waals surface area contributed by atoms with E-state index in [0.29, 0.717) is 16.8 Å². The molecule has 1 aliphatic rings. The third kappa shape index (κ3) is 8.11. The first-order valence-corrected chi connectivity index (χ1v) is 14.1.